The van der Waals surface area contributed by atoms with Crippen LogP contribution >= 0.6 is 15.9 Å². The summed E-state index contributed by atoms with van der Waals surface area (Å²) in [7, 11) is 1.29. The van der Waals surface area contributed by atoms with Crippen LogP contribution in [0.4, 0.5) is 0 Å². The Morgan fingerprint density at radius 2 is 2.07 bits per heavy atom. The molecular weight excluding hydrogens is 428 g/mol. The van der Waals surface area contributed by atoms with Crippen LogP contribution in [0.15, 0.2) is 39.6 Å². The normalized spacial score (nSPS) is 11.1. The maximum absolute atomic E-state index is 12.3. The van der Waals surface area contributed by atoms with E-state index in [1.165, 1.54) is 25.3 Å². The Morgan fingerprint density at radius 1 is 1.29 bits per heavy atom. The number of methoxy groups -OCH3 is 1. The van der Waals surface area contributed by atoms with Crippen LogP contribution in [-0.2, 0) is 4.74 Å². The average Bonchev–Trinajstić information content (AvgIpc) is 2.69. The van der Waals surface area contributed by atoms with Gasteiger partial charge < -0.3 is 19.6 Å². The number of aromatic nitrogens is 2. The molecule has 1 aromatic heterocycles. The first-order chi connectivity index (χ1) is 13.4. The number of halogens is 1. The van der Waals surface area contributed by atoms with Crippen LogP contribution in [-0.4, -0.2) is 34.8 Å². The molecule has 8 heteroatoms. The molecule has 0 atom stereocenters. The fourth-order valence-corrected chi connectivity index (χ4v) is 3.07. The molecule has 3 rings (SSSR count). The first-order valence-corrected chi connectivity index (χ1v) is 9.18. The second kappa shape index (κ2) is 8.26. The van der Waals surface area contributed by atoms with E-state index in [1.807, 2.05) is 6.92 Å². The van der Waals surface area contributed by atoms with Gasteiger partial charge in [-0.3, -0.25) is 4.79 Å². The summed E-state index contributed by atoms with van der Waals surface area (Å²) < 4.78 is 10.6. The van der Waals surface area contributed by atoms with Crippen LogP contribution in [0.5, 0.6) is 11.5 Å². The van der Waals surface area contributed by atoms with Crippen molar-refractivity contribution in [3.8, 4) is 11.5 Å². The molecule has 0 bridgehead atoms. The van der Waals surface area contributed by atoms with Crippen LogP contribution in [0.25, 0.3) is 23.1 Å². The van der Waals surface area contributed by atoms with Crippen molar-refractivity contribution in [2.75, 3.05) is 13.7 Å². The number of H-pyrrole nitrogens is 1. The summed E-state index contributed by atoms with van der Waals surface area (Å²) in [5.74, 6) is 0.186. The van der Waals surface area contributed by atoms with E-state index in [9.17, 15) is 14.7 Å². The number of nitrogens with zero attached hydrogens (tertiary/aromatic N) is 1. The number of carbonyl (C=O) groups is 1. The minimum atomic E-state index is -0.501. The van der Waals surface area contributed by atoms with Crippen molar-refractivity contribution in [1.82, 2.24) is 9.97 Å². The number of aromatic amines is 1. The number of carbonyl (C=O) groups excluding carboxylic acids is 1. The van der Waals surface area contributed by atoms with Gasteiger partial charge in [0, 0.05) is 0 Å². The quantitative estimate of drug-likeness (QED) is 0.581. The van der Waals surface area contributed by atoms with Gasteiger partial charge in [0.1, 0.15) is 5.82 Å². The SMILES string of the molecule is CCOc1cc(C=Cc2nc3cc(C(=O)OC)ccc3c(=O)[nH]2)cc(Br)c1O. The van der Waals surface area contributed by atoms with Gasteiger partial charge in [-0.15, -0.1) is 0 Å². The molecule has 0 unspecified atom stereocenters. The monoisotopic (exact) mass is 444 g/mol. The van der Waals surface area contributed by atoms with E-state index in [0.717, 1.165) is 5.56 Å². The predicted octanol–water partition coefficient (Wildman–Crippen LogP) is 3.75. The highest BCUT2D eigenvalue weighted by molar-refractivity contribution is 9.10. The molecule has 1 heterocycles. The Balaban J connectivity index is 2.00. The third-order valence-electron chi connectivity index (χ3n) is 3.93. The zero-order chi connectivity index (χ0) is 20.3. The highest BCUT2D eigenvalue weighted by Crippen LogP contribution is 2.35. The fourth-order valence-electron chi connectivity index (χ4n) is 2.61. The van der Waals surface area contributed by atoms with E-state index >= 15 is 0 Å². The molecule has 28 heavy (non-hydrogen) atoms. The lowest BCUT2D eigenvalue weighted by Gasteiger charge is -2.08. The number of fused-ring (bicyclic) bond motifs is 1. The fraction of sp³-hybridized carbons (Fsp3) is 0.150. The molecule has 0 aliphatic rings. The maximum Gasteiger partial charge on any atom is 0.337 e. The topological polar surface area (TPSA) is 102 Å². The number of benzene rings is 2. The van der Waals surface area contributed by atoms with Gasteiger partial charge in [0.25, 0.3) is 5.56 Å². The molecule has 0 amide bonds. The van der Waals surface area contributed by atoms with Crippen LogP contribution < -0.4 is 10.3 Å². The number of esters is 1. The van der Waals surface area contributed by atoms with E-state index in [1.54, 1.807) is 24.3 Å². The van der Waals surface area contributed by atoms with E-state index in [4.69, 9.17) is 9.47 Å². The van der Waals surface area contributed by atoms with Gasteiger partial charge in [-0.1, -0.05) is 6.08 Å². The first kappa shape index (κ1) is 19.6. The average molecular weight is 445 g/mol. The van der Waals surface area contributed by atoms with Crippen LogP contribution in [0.2, 0.25) is 0 Å². The van der Waals surface area contributed by atoms with E-state index in [-0.39, 0.29) is 11.3 Å². The third-order valence-corrected chi connectivity index (χ3v) is 4.53. The number of hydrogen-bond donors (Lipinski definition) is 2. The summed E-state index contributed by atoms with van der Waals surface area (Å²) in [5.41, 5.74) is 1.11. The molecule has 0 saturated carbocycles. The van der Waals surface area contributed by atoms with Crippen LogP contribution in [0, 0.1) is 0 Å². The summed E-state index contributed by atoms with van der Waals surface area (Å²) in [6, 6.07) is 7.95. The minimum absolute atomic E-state index is 0.0200. The molecule has 3 aromatic rings. The largest absolute Gasteiger partial charge is 0.503 e. The maximum atomic E-state index is 12.3. The van der Waals surface area contributed by atoms with Crippen molar-refractivity contribution in [2.45, 2.75) is 6.92 Å². The number of hydrogen-bond acceptors (Lipinski definition) is 6. The first-order valence-electron chi connectivity index (χ1n) is 8.38. The van der Waals surface area contributed by atoms with Crippen molar-refractivity contribution >= 4 is 45.0 Å². The number of nitrogens with one attached hydrogen (secondary N) is 1. The molecular formula is C20H17BrN2O5. The Kier molecular flexibility index (Phi) is 5.79. The summed E-state index contributed by atoms with van der Waals surface area (Å²) in [6.07, 6.45) is 3.35. The molecule has 2 N–H and O–H groups in total. The van der Waals surface area contributed by atoms with E-state index < -0.39 is 5.97 Å². The lowest BCUT2D eigenvalue weighted by molar-refractivity contribution is 0.0601. The molecule has 0 aliphatic carbocycles. The Bertz CT molecular complexity index is 1140. The van der Waals surface area contributed by atoms with Gasteiger partial charge in [-0.25, -0.2) is 9.78 Å². The summed E-state index contributed by atoms with van der Waals surface area (Å²) in [6.45, 7) is 2.23. The van der Waals surface area contributed by atoms with E-state index in [2.05, 4.69) is 25.9 Å². The standard InChI is InChI=1S/C20H17BrN2O5/c1-3-28-16-9-11(8-14(21)18(16)24)4-7-17-22-15-10-12(20(26)27-2)5-6-13(15)19(25)23-17/h4-10,24H,3H2,1-2H3,(H,22,23,25). The molecule has 0 fully saturated rings. The Morgan fingerprint density at radius 3 is 2.79 bits per heavy atom. The molecule has 0 aliphatic heterocycles. The minimum Gasteiger partial charge on any atom is -0.503 e. The zero-order valence-corrected chi connectivity index (χ0v) is 16.7. The van der Waals surface area contributed by atoms with Crippen molar-refractivity contribution in [2.24, 2.45) is 0 Å². The Hall–Kier alpha value is -3.13. The zero-order valence-electron chi connectivity index (χ0n) is 15.2. The van der Waals surface area contributed by atoms with Crippen molar-refractivity contribution < 1.29 is 19.4 Å². The van der Waals surface area contributed by atoms with Crippen molar-refractivity contribution in [3.63, 3.8) is 0 Å². The number of aromatic hydroxyl groups is 1. The smallest absolute Gasteiger partial charge is 0.337 e. The number of rotatable bonds is 5. The van der Waals surface area contributed by atoms with Gasteiger partial charge >= 0.3 is 5.97 Å². The molecule has 0 radical (unpaired) electrons. The van der Waals surface area contributed by atoms with Crippen molar-refractivity contribution in [1.29, 1.82) is 0 Å². The molecule has 0 spiro atoms. The predicted molar refractivity (Wildman–Crippen MR) is 110 cm³/mol. The van der Waals surface area contributed by atoms with Crippen LogP contribution in [0.3, 0.4) is 0 Å². The molecule has 144 valence electrons. The summed E-state index contributed by atoms with van der Waals surface area (Å²) in [4.78, 5) is 31.1. The third kappa shape index (κ3) is 4.07. The van der Waals surface area contributed by atoms with Gasteiger partial charge in [0.05, 0.1) is 34.7 Å². The number of phenolic OH excluding ortho intramolecular Hbond substituents is 1. The van der Waals surface area contributed by atoms with Gasteiger partial charge in [0.15, 0.2) is 11.5 Å². The van der Waals surface area contributed by atoms with Crippen molar-refractivity contribution in [3.05, 3.63) is 62.1 Å². The van der Waals surface area contributed by atoms with Gasteiger partial charge in [-0.05, 0) is 64.8 Å². The lowest BCUT2D eigenvalue weighted by atomic mass is 10.1. The molecule has 7 nitrogen and oxygen atoms in total. The second-order valence-electron chi connectivity index (χ2n) is 5.79. The summed E-state index contributed by atoms with van der Waals surface area (Å²) in [5, 5.41) is 10.4. The summed E-state index contributed by atoms with van der Waals surface area (Å²) >= 11 is 3.28. The van der Waals surface area contributed by atoms with Gasteiger partial charge in [-0.2, -0.15) is 0 Å². The van der Waals surface area contributed by atoms with Crippen LogP contribution in [0.1, 0.15) is 28.7 Å². The second-order valence-corrected chi connectivity index (χ2v) is 6.64. The molecule has 2 aromatic carbocycles. The highest BCUT2D eigenvalue weighted by atomic mass is 79.9. The number of ether oxygens (including phenoxy) is 2. The lowest BCUT2D eigenvalue weighted by Crippen LogP contribution is -2.11. The van der Waals surface area contributed by atoms with Gasteiger partial charge in [0.2, 0.25) is 0 Å². The highest BCUT2D eigenvalue weighted by Gasteiger charge is 2.10. The number of phenols is 1. The van der Waals surface area contributed by atoms with E-state index in [0.29, 0.717) is 39.1 Å². The molecule has 0 saturated heterocycles. The Labute approximate surface area is 168 Å².